The Hall–Kier alpha value is -1.59. The van der Waals surface area contributed by atoms with E-state index >= 15 is 0 Å². The highest BCUT2D eigenvalue weighted by Gasteiger charge is 2.34. The van der Waals surface area contributed by atoms with Gasteiger partial charge < -0.3 is 14.9 Å². The van der Waals surface area contributed by atoms with Crippen molar-refractivity contribution in [1.29, 1.82) is 0 Å². The van der Waals surface area contributed by atoms with E-state index in [2.05, 4.69) is 0 Å². The predicted octanol–water partition coefficient (Wildman–Crippen LogP) is 0.977. The van der Waals surface area contributed by atoms with Gasteiger partial charge in [-0.3, -0.25) is 9.69 Å². The zero-order valence-corrected chi connectivity index (χ0v) is 10.8. The number of carbonyl (C=O) groups is 1. The minimum atomic E-state index is -0.969. The van der Waals surface area contributed by atoms with E-state index in [0.29, 0.717) is 25.3 Å². The number of benzene rings is 1. The minimum Gasteiger partial charge on any atom is -0.491 e. The zero-order chi connectivity index (χ0) is 13.7. The van der Waals surface area contributed by atoms with Gasteiger partial charge in [0.15, 0.2) is 0 Å². The van der Waals surface area contributed by atoms with Crippen molar-refractivity contribution in [3.05, 3.63) is 30.3 Å². The number of hydrogen-bond donors (Lipinski definition) is 2. The third-order valence-electron chi connectivity index (χ3n) is 3.24. The van der Waals surface area contributed by atoms with E-state index in [1.165, 1.54) is 0 Å². The van der Waals surface area contributed by atoms with Crippen molar-refractivity contribution in [2.75, 3.05) is 26.2 Å². The summed E-state index contributed by atoms with van der Waals surface area (Å²) >= 11 is 0. The van der Waals surface area contributed by atoms with Crippen LogP contribution in [-0.2, 0) is 4.79 Å². The van der Waals surface area contributed by atoms with Crippen molar-refractivity contribution >= 4 is 5.97 Å². The molecule has 0 aliphatic carbocycles. The Bertz CT molecular complexity index is 423. The lowest BCUT2D eigenvalue weighted by molar-refractivity contribution is -0.140. The van der Waals surface area contributed by atoms with E-state index in [4.69, 9.17) is 9.84 Å². The lowest BCUT2D eigenvalue weighted by atomic mass is 9.94. The molecule has 0 amide bonds. The predicted molar refractivity (Wildman–Crippen MR) is 70.2 cm³/mol. The molecule has 0 aromatic heterocycles. The van der Waals surface area contributed by atoms with Crippen LogP contribution in [0.3, 0.4) is 0 Å². The molecule has 1 fully saturated rings. The summed E-state index contributed by atoms with van der Waals surface area (Å²) in [6.07, 6.45) is 1.41. The lowest BCUT2D eigenvalue weighted by Gasteiger charge is -2.38. The summed E-state index contributed by atoms with van der Waals surface area (Å²) in [6, 6.07) is 9.31. The Morgan fingerprint density at radius 2 is 2.11 bits per heavy atom. The van der Waals surface area contributed by atoms with Crippen LogP contribution >= 0.6 is 0 Å². The topological polar surface area (TPSA) is 70.0 Å². The molecule has 1 unspecified atom stereocenters. The average Bonchev–Trinajstić information content (AvgIpc) is 2.37. The number of aliphatic carboxylic acids is 1. The summed E-state index contributed by atoms with van der Waals surface area (Å²) in [5, 5.41) is 19.2. The Balaban J connectivity index is 1.89. The fraction of sp³-hybridized carbons (Fsp3) is 0.500. The Kier molecular flexibility index (Phi) is 4.39. The highest BCUT2D eigenvalue weighted by Crippen LogP contribution is 2.22. The van der Waals surface area contributed by atoms with Crippen LogP contribution < -0.4 is 4.74 Å². The number of β-amino-alcohol motifs (C(OH)–C–C–N with tert-alkyl or cyclic N) is 1. The Morgan fingerprint density at radius 3 is 2.79 bits per heavy atom. The highest BCUT2D eigenvalue weighted by molar-refractivity contribution is 5.69. The summed E-state index contributed by atoms with van der Waals surface area (Å²) < 4.78 is 5.58. The summed E-state index contributed by atoms with van der Waals surface area (Å²) in [5.41, 5.74) is -0.969. The molecule has 1 aliphatic heterocycles. The van der Waals surface area contributed by atoms with E-state index in [9.17, 15) is 9.90 Å². The fourth-order valence-electron chi connectivity index (χ4n) is 2.38. The quantitative estimate of drug-likeness (QED) is 0.830. The molecule has 0 bridgehead atoms. The molecule has 1 heterocycles. The van der Waals surface area contributed by atoms with Crippen LogP contribution in [0.1, 0.15) is 12.8 Å². The van der Waals surface area contributed by atoms with Gasteiger partial charge in [0.25, 0.3) is 0 Å². The number of hydrogen-bond acceptors (Lipinski definition) is 4. The van der Waals surface area contributed by atoms with E-state index < -0.39 is 11.6 Å². The van der Waals surface area contributed by atoms with E-state index in [1.54, 1.807) is 4.90 Å². The van der Waals surface area contributed by atoms with Gasteiger partial charge in [0.2, 0.25) is 0 Å². The first-order valence-corrected chi connectivity index (χ1v) is 6.42. The molecule has 0 radical (unpaired) electrons. The van der Waals surface area contributed by atoms with Gasteiger partial charge in [0, 0.05) is 6.54 Å². The monoisotopic (exact) mass is 265 g/mol. The van der Waals surface area contributed by atoms with Gasteiger partial charge in [0.1, 0.15) is 18.0 Å². The number of aliphatic hydroxyl groups is 1. The van der Waals surface area contributed by atoms with Crippen LogP contribution in [-0.4, -0.2) is 52.9 Å². The highest BCUT2D eigenvalue weighted by atomic mass is 16.5. The van der Waals surface area contributed by atoms with Crippen molar-refractivity contribution in [1.82, 2.24) is 4.90 Å². The van der Waals surface area contributed by atoms with Crippen LogP contribution in [0.4, 0.5) is 0 Å². The first-order valence-electron chi connectivity index (χ1n) is 6.42. The molecule has 1 aliphatic rings. The average molecular weight is 265 g/mol. The second kappa shape index (κ2) is 6.04. The summed E-state index contributed by atoms with van der Waals surface area (Å²) in [4.78, 5) is 12.5. The SMILES string of the molecule is O=C(O)CN1CCCC(O)(COc2ccccc2)C1. The zero-order valence-electron chi connectivity index (χ0n) is 10.8. The summed E-state index contributed by atoms with van der Waals surface area (Å²) in [6.45, 7) is 1.20. The molecule has 0 saturated carbocycles. The number of carboxylic acids is 1. The van der Waals surface area contributed by atoms with Gasteiger partial charge in [-0.05, 0) is 31.5 Å². The standard InChI is InChI=1S/C14H19NO4/c16-13(17)9-15-8-4-7-14(18,10-15)11-19-12-5-2-1-3-6-12/h1-3,5-6,18H,4,7-11H2,(H,16,17). The number of ether oxygens (including phenoxy) is 1. The lowest BCUT2D eigenvalue weighted by Crippen LogP contribution is -2.52. The maximum absolute atomic E-state index is 10.7. The van der Waals surface area contributed by atoms with Gasteiger partial charge in [-0.15, -0.1) is 0 Å². The maximum atomic E-state index is 10.7. The smallest absolute Gasteiger partial charge is 0.317 e. The number of carboxylic acid groups (broad SMARTS) is 1. The summed E-state index contributed by atoms with van der Waals surface area (Å²) in [5.74, 6) is -0.153. The molecule has 5 nitrogen and oxygen atoms in total. The number of nitrogens with zero attached hydrogens (tertiary/aromatic N) is 1. The minimum absolute atomic E-state index is 0.0341. The van der Waals surface area contributed by atoms with Crippen molar-refractivity contribution < 1.29 is 19.7 Å². The molecule has 104 valence electrons. The second-order valence-electron chi connectivity index (χ2n) is 5.03. The molecule has 1 aromatic rings. The number of rotatable bonds is 5. The molecule has 1 atom stereocenters. The van der Waals surface area contributed by atoms with Crippen LogP contribution in [0.15, 0.2) is 30.3 Å². The van der Waals surface area contributed by atoms with E-state index in [-0.39, 0.29) is 13.2 Å². The van der Waals surface area contributed by atoms with E-state index in [0.717, 1.165) is 6.42 Å². The molecule has 2 rings (SSSR count). The van der Waals surface area contributed by atoms with Crippen molar-refractivity contribution in [3.63, 3.8) is 0 Å². The van der Waals surface area contributed by atoms with Gasteiger partial charge in [-0.2, -0.15) is 0 Å². The Labute approximate surface area is 112 Å². The van der Waals surface area contributed by atoms with Gasteiger partial charge in [-0.1, -0.05) is 18.2 Å². The molecule has 5 heteroatoms. The summed E-state index contributed by atoms with van der Waals surface area (Å²) in [7, 11) is 0. The molecule has 0 spiro atoms. The molecular formula is C14H19NO4. The molecule has 1 aromatic carbocycles. The second-order valence-corrected chi connectivity index (χ2v) is 5.03. The molecule has 19 heavy (non-hydrogen) atoms. The van der Waals surface area contributed by atoms with Crippen LogP contribution in [0, 0.1) is 0 Å². The van der Waals surface area contributed by atoms with Crippen LogP contribution in [0.2, 0.25) is 0 Å². The Morgan fingerprint density at radius 1 is 1.37 bits per heavy atom. The van der Waals surface area contributed by atoms with Gasteiger partial charge in [-0.25, -0.2) is 0 Å². The molecular weight excluding hydrogens is 246 g/mol. The number of para-hydroxylation sites is 1. The first kappa shape index (κ1) is 13.8. The van der Waals surface area contributed by atoms with Crippen LogP contribution in [0.5, 0.6) is 5.75 Å². The number of likely N-dealkylation sites (tertiary alicyclic amines) is 1. The number of piperidine rings is 1. The van der Waals surface area contributed by atoms with Crippen LogP contribution in [0.25, 0.3) is 0 Å². The fourth-order valence-corrected chi connectivity index (χ4v) is 2.38. The third-order valence-corrected chi connectivity index (χ3v) is 3.24. The van der Waals surface area contributed by atoms with E-state index in [1.807, 2.05) is 30.3 Å². The normalized spacial score (nSPS) is 24.1. The van der Waals surface area contributed by atoms with Crippen molar-refractivity contribution in [2.45, 2.75) is 18.4 Å². The largest absolute Gasteiger partial charge is 0.491 e. The van der Waals surface area contributed by atoms with Gasteiger partial charge >= 0.3 is 5.97 Å². The van der Waals surface area contributed by atoms with Crippen molar-refractivity contribution in [3.8, 4) is 5.75 Å². The first-order chi connectivity index (χ1) is 9.07. The van der Waals surface area contributed by atoms with Gasteiger partial charge in [0.05, 0.1) is 6.54 Å². The van der Waals surface area contributed by atoms with Crippen molar-refractivity contribution in [2.24, 2.45) is 0 Å². The maximum Gasteiger partial charge on any atom is 0.317 e. The third kappa shape index (κ3) is 4.22. The molecule has 1 saturated heterocycles. The molecule has 2 N–H and O–H groups in total.